The van der Waals surface area contributed by atoms with Gasteiger partial charge in [0.05, 0.1) is 12.1 Å². The molecule has 0 saturated carbocycles. The van der Waals surface area contributed by atoms with Gasteiger partial charge in [-0.3, -0.25) is 24.0 Å². The van der Waals surface area contributed by atoms with Crippen molar-refractivity contribution in [1.29, 1.82) is 0 Å². The van der Waals surface area contributed by atoms with Gasteiger partial charge in [-0.1, -0.05) is 12.5 Å². The van der Waals surface area contributed by atoms with E-state index in [0.29, 0.717) is 33.9 Å². The van der Waals surface area contributed by atoms with E-state index in [4.69, 9.17) is 12.2 Å². The number of hydrogen-bond donors (Lipinski definition) is 3. The highest BCUT2D eigenvalue weighted by atomic mass is 32.1. The molecule has 1 aliphatic rings. The first-order chi connectivity index (χ1) is 14.5. The molecule has 3 heterocycles. The molecule has 0 spiro atoms. The highest BCUT2D eigenvalue weighted by Gasteiger charge is 2.15. The van der Waals surface area contributed by atoms with Crippen molar-refractivity contribution < 1.29 is 9.59 Å². The van der Waals surface area contributed by atoms with Crippen molar-refractivity contribution in [3.05, 3.63) is 52.4 Å². The number of pyridine rings is 1. The predicted octanol–water partition coefficient (Wildman–Crippen LogP) is 3.38. The fourth-order valence-corrected chi connectivity index (χ4v) is 3.78. The molecule has 1 fully saturated rings. The van der Waals surface area contributed by atoms with Crippen LogP contribution in [-0.4, -0.2) is 50.9 Å². The molecule has 156 valence electrons. The number of amides is 2. The van der Waals surface area contributed by atoms with Gasteiger partial charge in [0.25, 0.3) is 5.91 Å². The molecule has 3 aromatic rings. The van der Waals surface area contributed by atoms with Crippen LogP contribution in [0.2, 0.25) is 0 Å². The Balaban J connectivity index is 1.45. The highest BCUT2D eigenvalue weighted by molar-refractivity contribution is 7.71. The molecule has 0 aliphatic carbocycles. The second-order valence-electron chi connectivity index (χ2n) is 7.54. The third kappa shape index (κ3) is 4.58. The minimum atomic E-state index is -0.269. The van der Waals surface area contributed by atoms with Crippen molar-refractivity contribution in [3.63, 3.8) is 0 Å². The molecular formula is C21H24N6O2S. The van der Waals surface area contributed by atoms with Gasteiger partial charge in [0.2, 0.25) is 5.91 Å². The van der Waals surface area contributed by atoms with Crippen LogP contribution in [-0.2, 0) is 4.79 Å². The van der Waals surface area contributed by atoms with Crippen molar-refractivity contribution in [1.82, 2.24) is 19.5 Å². The van der Waals surface area contributed by atoms with Gasteiger partial charge in [0.1, 0.15) is 0 Å². The summed E-state index contributed by atoms with van der Waals surface area (Å²) in [6.45, 7) is 4.25. The molecular weight excluding hydrogens is 400 g/mol. The van der Waals surface area contributed by atoms with E-state index in [1.807, 2.05) is 19.1 Å². The van der Waals surface area contributed by atoms with Crippen molar-refractivity contribution >= 4 is 41.1 Å². The molecule has 2 aromatic heterocycles. The summed E-state index contributed by atoms with van der Waals surface area (Å²) in [6.07, 6.45) is 5.16. The van der Waals surface area contributed by atoms with Gasteiger partial charge in [-0.15, -0.1) is 0 Å². The first kappa shape index (κ1) is 20.2. The molecule has 1 saturated heterocycles. The van der Waals surface area contributed by atoms with Crippen LogP contribution in [0.25, 0.3) is 5.65 Å². The van der Waals surface area contributed by atoms with E-state index in [9.17, 15) is 9.59 Å². The van der Waals surface area contributed by atoms with Gasteiger partial charge in [0.15, 0.2) is 10.4 Å². The number of likely N-dealkylation sites (tertiary alicyclic amines) is 1. The average Bonchev–Trinajstić information content (AvgIpc) is 3.11. The quantitative estimate of drug-likeness (QED) is 0.546. The Hall–Kier alpha value is -3.04. The maximum atomic E-state index is 12.7. The normalized spacial score (nSPS) is 14.6. The number of rotatable bonds is 5. The zero-order valence-electron chi connectivity index (χ0n) is 16.8. The molecule has 2 amide bonds. The van der Waals surface area contributed by atoms with Crippen molar-refractivity contribution in [2.24, 2.45) is 0 Å². The maximum Gasteiger partial charge on any atom is 0.257 e. The Morgan fingerprint density at radius 1 is 1.13 bits per heavy atom. The second kappa shape index (κ2) is 8.76. The van der Waals surface area contributed by atoms with Gasteiger partial charge in [0, 0.05) is 17.6 Å². The Labute approximate surface area is 179 Å². The number of hydrogen-bond acceptors (Lipinski definition) is 5. The maximum absolute atomic E-state index is 12.7. The summed E-state index contributed by atoms with van der Waals surface area (Å²) in [5, 5.41) is 12.6. The molecule has 9 heteroatoms. The number of nitrogens with one attached hydrogen (secondary N) is 3. The SMILES string of the molecule is Cc1ccc(NC(=O)c2ccc3n[nH]c(=S)n3c2)cc1NC(=O)CN1CCCCC1. The van der Waals surface area contributed by atoms with Crippen LogP contribution >= 0.6 is 12.2 Å². The molecule has 30 heavy (non-hydrogen) atoms. The lowest BCUT2D eigenvalue weighted by Gasteiger charge is -2.25. The minimum absolute atomic E-state index is 0.0386. The van der Waals surface area contributed by atoms with Gasteiger partial charge in [-0.2, -0.15) is 5.10 Å². The smallest absolute Gasteiger partial charge is 0.257 e. The van der Waals surface area contributed by atoms with E-state index >= 15 is 0 Å². The van der Waals surface area contributed by atoms with Crippen LogP contribution in [0.1, 0.15) is 35.2 Å². The topological polar surface area (TPSA) is 94.5 Å². The van der Waals surface area contributed by atoms with Crippen LogP contribution < -0.4 is 10.6 Å². The molecule has 4 rings (SSSR count). The summed E-state index contributed by atoms with van der Waals surface area (Å²) in [6, 6.07) is 8.89. The first-order valence-electron chi connectivity index (χ1n) is 10.0. The lowest BCUT2D eigenvalue weighted by atomic mass is 10.1. The highest BCUT2D eigenvalue weighted by Crippen LogP contribution is 2.21. The molecule has 0 radical (unpaired) electrons. The molecule has 1 aliphatic heterocycles. The zero-order chi connectivity index (χ0) is 21.1. The van der Waals surface area contributed by atoms with Gasteiger partial charge < -0.3 is 10.6 Å². The third-order valence-electron chi connectivity index (χ3n) is 5.26. The fraction of sp³-hybridized carbons (Fsp3) is 0.333. The van der Waals surface area contributed by atoms with Crippen LogP contribution in [0, 0.1) is 11.7 Å². The summed E-state index contributed by atoms with van der Waals surface area (Å²) in [4.78, 5) is 27.3. The Morgan fingerprint density at radius 2 is 1.93 bits per heavy atom. The van der Waals surface area contributed by atoms with Crippen LogP contribution in [0.3, 0.4) is 0 Å². The number of carbonyl (C=O) groups excluding carboxylic acids is 2. The number of aryl methyl sites for hydroxylation is 1. The Bertz CT molecular complexity index is 1150. The van der Waals surface area contributed by atoms with E-state index in [2.05, 4.69) is 25.7 Å². The average molecular weight is 425 g/mol. The van der Waals surface area contributed by atoms with Crippen molar-refractivity contribution in [2.75, 3.05) is 30.3 Å². The first-order valence-corrected chi connectivity index (χ1v) is 10.4. The van der Waals surface area contributed by atoms with Crippen LogP contribution in [0.5, 0.6) is 0 Å². The van der Waals surface area contributed by atoms with E-state index in [1.165, 1.54) is 6.42 Å². The zero-order valence-corrected chi connectivity index (χ0v) is 17.6. The van der Waals surface area contributed by atoms with E-state index in [0.717, 1.165) is 31.5 Å². The number of benzene rings is 1. The summed E-state index contributed by atoms with van der Waals surface area (Å²) >= 11 is 5.16. The van der Waals surface area contributed by atoms with Gasteiger partial charge in [-0.25, -0.2) is 0 Å². The summed E-state index contributed by atoms with van der Waals surface area (Å²) in [7, 11) is 0. The van der Waals surface area contributed by atoms with Crippen molar-refractivity contribution in [3.8, 4) is 0 Å². The molecule has 8 nitrogen and oxygen atoms in total. The molecule has 0 atom stereocenters. The summed E-state index contributed by atoms with van der Waals surface area (Å²) in [5.74, 6) is -0.308. The number of aromatic nitrogens is 3. The number of fused-ring (bicyclic) bond motifs is 1. The van der Waals surface area contributed by atoms with E-state index in [-0.39, 0.29) is 11.8 Å². The third-order valence-corrected chi connectivity index (χ3v) is 5.55. The number of nitrogens with zero attached hydrogens (tertiary/aromatic N) is 3. The molecule has 0 bridgehead atoms. The fourth-order valence-electron chi connectivity index (χ4n) is 3.59. The molecule has 1 aromatic carbocycles. The number of anilines is 2. The van der Waals surface area contributed by atoms with E-state index < -0.39 is 0 Å². The molecule has 3 N–H and O–H groups in total. The number of H-pyrrole nitrogens is 1. The van der Waals surface area contributed by atoms with Crippen LogP contribution in [0.15, 0.2) is 36.5 Å². The predicted molar refractivity (Wildman–Crippen MR) is 118 cm³/mol. The van der Waals surface area contributed by atoms with Gasteiger partial charge >= 0.3 is 0 Å². The van der Waals surface area contributed by atoms with Gasteiger partial charge in [-0.05, 0) is 74.9 Å². The second-order valence-corrected chi connectivity index (χ2v) is 7.93. The summed E-state index contributed by atoms with van der Waals surface area (Å²) in [5.41, 5.74) is 3.34. The Morgan fingerprint density at radius 3 is 2.73 bits per heavy atom. The standard InChI is InChI=1S/C21H24N6O2S/c1-14-5-7-16(11-17(14)23-19(28)13-26-9-3-2-4-10-26)22-20(29)15-6-8-18-24-25-21(30)27(18)12-15/h5-8,11-12H,2-4,9-10,13H2,1H3,(H,22,29)(H,23,28)(H,25,30). The lowest BCUT2D eigenvalue weighted by molar-refractivity contribution is -0.117. The molecule has 0 unspecified atom stereocenters. The number of carbonyl (C=O) groups is 2. The van der Waals surface area contributed by atoms with Crippen LogP contribution in [0.4, 0.5) is 11.4 Å². The van der Waals surface area contributed by atoms with E-state index in [1.54, 1.807) is 28.8 Å². The minimum Gasteiger partial charge on any atom is -0.325 e. The summed E-state index contributed by atoms with van der Waals surface area (Å²) < 4.78 is 2.07. The monoisotopic (exact) mass is 424 g/mol. The largest absolute Gasteiger partial charge is 0.325 e. The number of aromatic amines is 1. The Kier molecular flexibility index (Phi) is 5.91. The number of piperidine rings is 1. The van der Waals surface area contributed by atoms with Crippen molar-refractivity contribution in [2.45, 2.75) is 26.2 Å². The lowest BCUT2D eigenvalue weighted by Crippen LogP contribution is -2.36.